The summed E-state index contributed by atoms with van der Waals surface area (Å²) in [7, 11) is 0. The van der Waals surface area contributed by atoms with Crippen LogP contribution in [0.25, 0.3) is 6.08 Å². The summed E-state index contributed by atoms with van der Waals surface area (Å²) in [6, 6.07) is 7.81. The molecule has 0 spiro atoms. The number of hydrogen-bond donors (Lipinski definition) is 1. The normalized spacial score (nSPS) is 10.2. The van der Waals surface area contributed by atoms with Crippen LogP contribution in [0.15, 0.2) is 24.3 Å². The van der Waals surface area contributed by atoms with E-state index in [1.807, 2.05) is 37.3 Å². The van der Waals surface area contributed by atoms with Crippen molar-refractivity contribution in [3.8, 4) is 6.07 Å². The lowest BCUT2D eigenvalue weighted by molar-refractivity contribution is 1.26. The van der Waals surface area contributed by atoms with Gasteiger partial charge < -0.3 is 5.73 Å². The molecule has 0 saturated carbocycles. The van der Waals surface area contributed by atoms with Gasteiger partial charge in [0.1, 0.15) is 0 Å². The van der Waals surface area contributed by atoms with E-state index in [0.29, 0.717) is 6.54 Å². The predicted molar refractivity (Wildman–Crippen MR) is 54.0 cm³/mol. The van der Waals surface area contributed by atoms with Gasteiger partial charge in [-0.15, -0.1) is 0 Å². The predicted octanol–water partition coefficient (Wildman–Crippen LogP) is 1.84. The molecule has 0 aliphatic carbocycles. The molecule has 1 rings (SSSR count). The Morgan fingerprint density at radius 1 is 1.54 bits per heavy atom. The van der Waals surface area contributed by atoms with Crippen LogP contribution in [-0.2, 0) is 0 Å². The van der Waals surface area contributed by atoms with Gasteiger partial charge in [-0.05, 0) is 24.1 Å². The van der Waals surface area contributed by atoms with Gasteiger partial charge in [0.05, 0.1) is 11.6 Å². The summed E-state index contributed by atoms with van der Waals surface area (Å²) in [4.78, 5) is 0. The van der Waals surface area contributed by atoms with Gasteiger partial charge in [-0.1, -0.05) is 24.3 Å². The highest BCUT2D eigenvalue weighted by atomic mass is 14.5. The van der Waals surface area contributed by atoms with E-state index in [9.17, 15) is 0 Å². The topological polar surface area (TPSA) is 49.8 Å². The van der Waals surface area contributed by atoms with Crippen molar-refractivity contribution in [1.82, 2.24) is 0 Å². The lowest BCUT2D eigenvalue weighted by Crippen LogP contribution is -1.93. The molecule has 0 atom stereocenters. The van der Waals surface area contributed by atoms with Crippen LogP contribution in [0.1, 0.15) is 16.7 Å². The van der Waals surface area contributed by atoms with Crippen molar-refractivity contribution in [3.05, 3.63) is 41.0 Å². The molecule has 0 amide bonds. The highest BCUT2D eigenvalue weighted by Crippen LogP contribution is 2.13. The van der Waals surface area contributed by atoms with Crippen LogP contribution >= 0.6 is 0 Å². The first-order chi connectivity index (χ1) is 6.29. The van der Waals surface area contributed by atoms with Crippen molar-refractivity contribution in [2.24, 2.45) is 5.73 Å². The average Bonchev–Trinajstić information content (AvgIpc) is 2.16. The smallest absolute Gasteiger partial charge is 0.0994 e. The van der Waals surface area contributed by atoms with Crippen LogP contribution in [0.4, 0.5) is 0 Å². The van der Waals surface area contributed by atoms with Crippen LogP contribution in [-0.4, -0.2) is 6.54 Å². The second-order valence-electron chi connectivity index (χ2n) is 2.77. The van der Waals surface area contributed by atoms with Crippen molar-refractivity contribution in [3.63, 3.8) is 0 Å². The van der Waals surface area contributed by atoms with Gasteiger partial charge in [-0.2, -0.15) is 5.26 Å². The lowest BCUT2D eigenvalue weighted by atomic mass is 10.0. The molecule has 13 heavy (non-hydrogen) atoms. The van der Waals surface area contributed by atoms with Crippen molar-refractivity contribution >= 4 is 6.08 Å². The Balaban J connectivity index is 3.10. The number of nitrogens with two attached hydrogens (primary N) is 1. The zero-order valence-corrected chi connectivity index (χ0v) is 7.62. The Morgan fingerprint density at radius 2 is 2.31 bits per heavy atom. The van der Waals surface area contributed by atoms with E-state index in [1.54, 1.807) is 0 Å². The number of nitrogens with zero attached hydrogens (tertiary/aromatic N) is 1. The Kier molecular flexibility index (Phi) is 3.24. The van der Waals surface area contributed by atoms with Crippen molar-refractivity contribution < 1.29 is 0 Å². The fraction of sp³-hybridized carbons (Fsp3) is 0.182. The van der Waals surface area contributed by atoms with Crippen LogP contribution in [0.2, 0.25) is 0 Å². The first-order valence-electron chi connectivity index (χ1n) is 4.16. The summed E-state index contributed by atoms with van der Waals surface area (Å²) in [6.07, 6.45) is 3.82. The molecule has 0 saturated heterocycles. The van der Waals surface area contributed by atoms with Crippen LogP contribution in [0.3, 0.4) is 0 Å². The van der Waals surface area contributed by atoms with Gasteiger partial charge in [-0.25, -0.2) is 0 Å². The summed E-state index contributed by atoms with van der Waals surface area (Å²) in [5.74, 6) is 0. The Bertz CT molecular complexity index is 359. The SMILES string of the molecule is Cc1c(C#N)cccc1C=CCN. The van der Waals surface area contributed by atoms with Crippen molar-refractivity contribution in [1.29, 1.82) is 5.26 Å². The summed E-state index contributed by atoms with van der Waals surface area (Å²) in [5, 5.41) is 8.77. The number of hydrogen-bond acceptors (Lipinski definition) is 2. The molecule has 0 bridgehead atoms. The molecule has 0 aliphatic heterocycles. The van der Waals surface area contributed by atoms with Gasteiger partial charge >= 0.3 is 0 Å². The standard InChI is InChI=1S/C11H12N2/c1-9-10(6-3-7-12)4-2-5-11(9)8-13/h2-6H,7,12H2,1H3. The summed E-state index contributed by atoms with van der Waals surface area (Å²) in [6.45, 7) is 2.46. The zero-order chi connectivity index (χ0) is 9.68. The minimum atomic E-state index is 0.524. The summed E-state index contributed by atoms with van der Waals surface area (Å²) < 4.78 is 0. The van der Waals surface area contributed by atoms with Crippen LogP contribution in [0.5, 0.6) is 0 Å². The van der Waals surface area contributed by atoms with E-state index < -0.39 is 0 Å². The minimum Gasteiger partial charge on any atom is -0.327 e. The highest BCUT2D eigenvalue weighted by molar-refractivity contribution is 5.57. The van der Waals surface area contributed by atoms with E-state index in [2.05, 4.69) is 6.07 Å². The molecular weight excluding hydrogens is 160 g/mol. The van der Waals surface area contributed by atoms with E-state index in [-0.39, 0.29) is 0 Å². The largest absolute Gasteiger partial charge is 0.327 e. The maximum absolute atomic E-state index is 8.77. The third kappa shape index (κ3) is 2.17. The molecule has 0 fully saturated rings. The highest BCUT2D eigenvalue weighted by Gasteiger charge is 1.98. The molecule has 0 aromatic heterocycles. The fourth-order valence-electron chi connectivity index (χ4n) is 1.15. The molecule has 0 aliphatic rings. The van der Waals surface area contributed by atoms with Gasteiger partial charge in [0.25, 0.3) is 0 Å². The van der Waals surface area contributed by atoms with Crippen molar-refractivity contribution in [2.75, 3.05) is 6.54 Å². The Labute approximate surface area is 78.3 Å². The first-order valence-corrected chi connectivity index (χ1v) is 4.16. The zero-order valence-electron chi connectivity index (χ0n) is 7.62. The fourth-order valence-corrected chi connectivity index (χ4v) is 1.15. The van der Waals surface area contributed by atoms with Crippen LogP contribution < -0.4 is 5.73 Å². The van der Waals surface area contributed by atoms with Gasteiger partial charge in [0.2, 0.25) is 0 Å². The van der Waals surface area contributed by atoms with Crippen molar-refractivity contribution in [2.45, 2.75) is 6.92 Å². The van der Waals surface area contributed by atoms with E-state index in [1.165, 1.54) is 0 Å². The number of rotatable bonds is 2. The van der Waals surface area contributed by atoms with Gasteiger partial charge in [0, 0.05) is 6.54 Å². The Morgan fingerprint density at radius 3 is 2.92 bits per heavy atom. The van der Waals surface area contributed by atoms with Crippen LogP contribution in [0, 0.1) is 18.3 Å². The second-order valence-corrected chi connectivity index (χ2v) is 2.77. The molecule has 66 valence electrons. The van der Waals surface area contributed by atoms with Gasteiger partial charge in [-0.3, -0.25) is 0 Å². The lowest BCUT2D eigenvalue weighted by Gasteiger charge is -2.01. The summed E-state index contributed by atoms with van der Waals surface area (Å²) in [5.41, 5.74) is 8.14. The van der Waals surface area contributed by atoms with E-state index in [4.69, 9.17) is 11.0 Å². The van der Waals surface area contributed by atoms with Gasteiger partial charge in [0.15, 0.2) is 0 Å². The summed E-state index contributed by atoms with van der Waals surface area (Å²) >= 11 is 0. The first kappa shape index (κ1) is 9.50. The van der Waals surface area contributed by atoms with E-state index in [0.717, 1.165) is 16.7 Å². The molecule has 2 heteroatoms. The number of nitriles is 1. The molecule has 1 aromatic rings. The monoisotopic (exact) mass is 172 g/mol. The Hall–Kier alpha value is -1.59. The van der Waals surface area contributed by atoms with E-state index >= 15 is 0 Å². The molecule has 2 N–H and O–H groups in total. The average molecular weight is 172 g/mol. The maximum atomic E-state index is 8.77. The molecule has 0 radical (unpaired) electrons. The second kappa shape index (κ2) is 4.44. The third-order valence-corrected chi connectivity index (χ3v) is 1.93. The quantitative estimate of drug-likeness (QED) is 0.740. The number of benzene rings is 1. The maximum Gasteiger partial charge on any atom is 0.0994 e. The minimum absolute atomic E-state index is 0.524. The third-order valence-electron chi connectivity index (χ3n) is 1.93. The molecule has 0 heterocycles. The molecule has 0 unspecified atom stereocenters. The molecule has 1 aromatic carbocycles. The molecule has 2 nitrogen and oxygen atoms in total. The molecular formula is C11H12N2.